The van der Waals surface area contributed by atoms with Crippen LogP contribution in [0.5, 0.6) is 0 Å². The molecule has 1 aliphatic carbocycles. The third kappa shape index (κ3) is 3.78. The van der Waals surface area contributed by atoms with Crippen molar-refractivity contribution in [2.45, 2.75) is 45.4 Å². The van der Waals surface area contributed by atoms with Gasteiger partial charge in [-0.2, -0.15) is 5.26 Å². The van der Waals surface area contributed by atoms with E-state index in [1.165, 1.54) is 0 Å². The summed E-state index contributed by atoms with van der Waals surface area (Å²) in [5.74, 6) is 1.63. The molecule has 0 atom stereocenters. The molecule has 0 bridgehead atoms. The van der Waals surface area contributed by atoms with Gasteiger partial charge in [-0.05, 0) is 50.7 Å². The summed E-state index contributed by atoms with van der Waals surface area (Å²) >= 11 is 0. The van der Waals surface area contributed by atoms with Crippen molar-refractivity contribution in [2.24, 2.45) is 11.3 Å². The number of nitriles is 1. The van der Waals surface area contributed by atoms with Gasteiger partial charge in [0.05, 0.1) is 6.07 Å². The van der Waals surface area contributed by atoms with E-state index in [1.54, 1.807) is 0 Å². The first-order chi connectivity index (χ1) is 12.2. The summed E-state index contributed by atoms with van der Waals surface area (Å²) in [6.07, 6.45) is 7.44. The molecule has 0 spiro atoms. The Labute approximate surface area is 150 Å². The lowest BCUT2D eigenvalue weighted by Gasteiger charge is -2.36. The molecule has 1 saturated carbocycles. The lowest BCUT2D eigenvalue weighted by Crippen LogP contribution is -2.46. The molecule has 1 aromatic rings. The van der Waals surface area contributed by atoms with E-state index in [1.807, 2.05) is 30.2 Å². The van der Waals surface area contributed by atoms with Crippen molar-refractivity contribution in [3.05, 3.63) is 24.4 Å². The van der Waals surface area contributed by atoms with Crippen LogP contribution in [0.25, 0.3) is 0 Å². The van der Waals surface area contributed by atoms with Crippen molar-refractivity contribution in [3.8, 4) is 6.07 Å². The second-order valence-corrected chi connectivity index (χ2v) is 7.36. The van der Waals surface area contributed by atoms with Gasteiger partial charge in [-0.15, -0.1) is 0 Å². The van der Waals surface area contributed by atoms with Crippen LogP contribution in [0.4, 0.5) is 5.82 Å². The van der Waals surface area contributed by atoms with Crippen LogP contribution in [0.1, 0.15) is 45.4 Å². The van der Waals surface area contributed by atoms with Crippen molar-refractivity contribution in [1.82, 2.24) is 9.88 Å². The molecule has 134 valence electrons. The molecule has 1 aliphatic heterocycles. The Balaban J connectivity index is 1.57. The average Bonchev–Trinajstić information content (AvgIpc) is 3.17. The first-order valence-electron chi connectivity index (χ1n) is 9.55. The van der Waals surface area contributed by atoms with Crippen LogP contribution in [0, 0.1) is 22.7 Å². The van der Waals surface area contributed by atoms with E-state index in [0.29, 0.717) is 12.5 Å². The van der Waals surface area contributed by atoms with Crippen molar-refractivity contribution in [1.29, 1.82) is 5.26 Å². The maximum atomic E-state index is 13.0. The molecule has 0 radical (unpaired) electrons. The smallest absolute Gasteiger partial charge is 0.243 e. The molecule has 2 fully saturated rings. The van der Waals surface area contributed by atoms with Gasteiger partial charge in [0.25, 0.3) is 0 Å². The van der Waals surface area contributed by atoms with Gasteiger partial charge in [0.15, 0.2) is 0 Å². The summed E-state index contributed by atoms with van der Waals surface area (Å²) in [7, 11) is 0. The summed E-state index contributed by atoms with van der Waals surface area (Å²) in [6.45, 7) is 5.48. The van der Waals surface area contributed by atoms with Gasteiger partial charge < -0.3 is 9.80 Å². The number of rotatable bonds is 5. The quantitative estimate of drug-likeness (QED) is 0.826. The normalized spacial score (nSPS) is 20.2. The molecular weight excluding hydrogens is 312 g/mol. The predicted molar refractivity (Wildman–Crippen MR) is 97.9 cm³/mol. The SMILES string of the molecule is CCN(CC1CCN(c2ccccn2)CC1)C(=O)C1(C#N)CCCC1. The molecule has 0 unspecified atom stereocenters. The fourth-order valence-electron chi connectivity index (χ4n) is 4.21. The molecule has 2 heterocycles. The summed E-state index contributed by atoms with van der Waals surface area (Å²) in [6, 6.07) is 8.37. The third-order valence-electron chi connectivity index (χ3n) is 5.82. The Kier molecular flexibility index (Phi) is 5.57. The molecule has 5 nitrogen and oxygen atoms in total. The molecule has 0 aromatic carbocycles. The Morgan fingerprint density at radius 2 is 2.08 bits per heavy atom. The minimum atomic E-state index is -0.745. The molecule has 25 heavy (non-hydrogen) atoms. The minimum Gasteiger partial charge on any atom is -0.357 e. The number of aromatic nitrogens is 1. The fourth-order valence-corrected chi connectivity index (χ4v) is 4.21. The molecule has 1 aromatic heterocycles. The van der Waals surface area contributed by atoms with Crippen molar-refractivity contribution in [2.75, 3.05) is 31.1 Å². The van der Waals surface area contributed by atoms with E-state index in [9.17, 15) is 10.1 Å². The summed E-state index contributed by atoms with van der Waals surface area (Å²) in [5, 5.41) is 9.59. The van der Waals surface area contributed by atoms with Gasteiger partial charge in [0.1, 0.15) is 11.2 Å². The highest BCUT2D eigenvalue weighted by Gasteiger charge is 2.44. The van der Waals surface area contributed by atoms with Gasteiger partial charge in [0.2, 0.25) is 5.91 Å². The Morgan fingerprint density at radius 1 is 1.36 bits per heavy atom. The highest BCUT2D eigenvalue weighted by molar-refractivity contribution is 5.85. The maximum absolute atomic E-state index is 13.0. The molecule has 2 aliphatic rings. The van der Waals surface area contributed by atoms with Crippen molar-refractivity contribution < 1.29 is 4.79 Å². The number of nitrogens with zero attached hydrogens (tertiary/aromatic N) is 4. The van der Waals surface area contributed by atoms with Gasteiger partial charge in [-0.1, -0.05) is 18.9 Å². The summed E-state index contributed by atoms with van der Waals surface area (Å²) in [5.41, 5.74) is -0.745. The number of amides is 1. The topological polar surface area (TPSA) is 60.2 Å². The summed E-state index contributed by atoms with van der Waals surface area (Å²) in [4.78, 5) is 21.7. The largest absolute Gasteiger partial charge is 0.357 e. The zero-order chi connectivity index (χ0) is 17.7. The Morgan fingerprint density at radius 3 is 2.64 bits per heavy atom. The lowest BCUT2D eigenvalue weighted by molar-refractivity contribution is -0.139. The van der Waals surface area contributed by atoms with Crippen LogP contribution in [0.15, 0.2) is 24.4 Å². The minimum absolute atomic E-state index is 0.0714. The molecule has 1 saturated heterocycles. The Hall–Kier alpha value is -2.09. The monoisotopic (exact) mass is 340 g/mol. The zero-order valence-corrected chi connectivity index (χ0v) is 15.2. The van der Waals surface area contributed by atoms with Crippen LogP contribution in [0.2, 0.25) is 0 Å². The van der Waals surface area contributed by atoms with Crippen LogP contribution in [-0.4, -0.2) is 42.0 Å². The van der Waals surface area contributed by atoms with E-state index < -0.39 is 5.41 Å². The number of pyridine rings is 1. The van der Waals surface area contributed by atoms with Gasteiger partial charge in [0, 0.05) is 32.4 Å². The van der Waals surface area contributed by atoms with Crippen LogP contribution in [0.3, 0.4) is 0 Å². The lowest BCUT2D eigenvalue weighted by atomic mass is 9.85. The molecule has 5 heteroatoms. The van der Waals surface area contributed by atoms with E-state index in [2.05, 4.69) is 22.0 Å². The highest BCUT2D eigenvalue weighted by atomic mass is 16.2. The Bertz CT molecular complexity index is 610. The van der Waals surface area contributed by atoms with Crippen LogP contribution < -0.4 is 4.90 Å². The predicted octanol–water partition coefficient (Wildman–Crippen LogP) is 3.23. The number of hydrogen-bond acceptors (Lipinski definition) is 4. The maximum Gasteiger partial charge on any atom is 0.243 e. The van der Waals surface area contributed by atoms with E-state index in [4.69, 9.17) is 0 Å². The van der Waals surface area contributed by atoms with Crippen molar-refractivity contribution in [3.63, 3.8) is 0 Å². The number of carbonyl (C=O) groups excluding carboxylic acids is 1. The molecule has 1 amide bonds. The highest BCUT2D eigenvalue weighted by Crippen LogP contribution is 2.39. The number of anilines is 1. The second kappa shape index (κ2) is 7.86. The van der Waals surface area contributed by atoms with Crippen LogP contribution in [-0.2, 0) is 4.79 Å². The number of carbonyl (C=O) groups is 1. The zero-order valence-electron chi connectivity index (χ0n) is 15.2. The van der Waals surface area contributed by atoms with E-state index in [0.717, 1.165) is 64.0 Å². The van der Waals surface area contributed by atoms with Gasteiger partial charge in [-0.25, -0.2) is 4.98 Å². The number of piperidine rings is 1. The molecule has 3 rings (SSSR count). The number of hydrogen-bond donors (Lipinski definition) is 0. The van der Waals surface area contributed by atoms with Crippen molar-refractivity contribution >= 4 is 11.7 Å². The second-order valence-electron chi connectivity index (χ2n) is 7.36. The average molecular weight is 340 g/mol. The standard InChI is InChI=1S/C20H28N4O/c1-2-23(19(25)20(16-21)10-4-5-11-20)15-17-8-13-24(14-9-17)18-7-3-6-12-22-18/h3,6-7,12,17H,2,4-5,8-11,13-15H2,1H3. The van der Waals surface area contributed by atoms with E-state index in [-0.39, 0.29) is 5.91 Å². The van der Waals surface area contributed by atoms with Gasteiger partial charge in [-0.3, -0.25) is 4.79 Å². The first-order valence-corrected chi connectivity index (χ1v) is 9.55. The van der Waals surface area contributed by atoms with E-state index >= 15 is 0 Å². The third-order valence-corrected chi connectivity index (χ3v) is 5.82. The van der Waals surface area contributed by atoms with Gasteiger partial charge >= 0.3 is 0 Å². The molecule has 0 N–H and O–H groups in total. The fraction of sp³-hybridized carbons (Fsp3) is 0.650. The summed E-state index contributed by atoms with van der Waals surface area (Å²) < 4.78 is 0. The molecular formula is C20H28N4O. The van der Waals surface area contributed by atoms with Crippen LogP contribution >= 0.6 is 0 Å². The first kappa shape index (κ1) is 17.7.